The lowest BCUT2D eigenvalue weighted by atomic mass is 10.2. The monoisotopic (exact) mass is 321 g/mol. The molecule has 2 amide bonds. The van der Waals surface area contributed by atoms with Gasteiger partial charge in [0.05, 0.1) is 5.02 Å². The van der Waals surface area contributed by atoms with Crippen LogP contribution in [0.4, 0.5) is 10.1 Å². The molecule has 3 rings (SSSR count). The maximum Gasteiger partial charge on any atom is 0.268 e. The number of anilines is 1. The summed E-state index contributed by atoms with van der Waals surface area (Å²) in [5.41, 5.74) is 0.920. The molecule has 1 aromatic heterocycles. The van der Waals surface area contributed by atoms with Crippen molar-refractivity contribution in [3.63, 3.8) is 0 Å². The number of aromatic nitrogens is 1. The van der Waals surface area contributed by atoms with E-state index in [1.54, 1.807) is 18.3 Å². The second-order valence-electron chi connectivity index (χ2n) is 4.99. The van der Waals surface area contributed by atoms with Gasteiger partial charge in [0, 0.05) is 18.4 Å². The number of rotatable bonds is 3. The third-order valence-corrected chi connectivity index (χ3v) is 3.86. The van der Waals surface area contributed by atoms with Gasteiger partial charge in [0.25, 0.3) is 5.91 Å². The average molecular weight is 322 g/mol. The SMILES string of the molecule is O=C(N[C@@H]1CCN(c2ccc(F)c(Cl)c2)C1=O)c1ccc[nH]1. The van der Waals surface area contributed by atoms with E-state index in [0.717, 1.165) is 0 Å². The van der Waals surface area contributed by atoms with Gasteiger partial charge in [-0.1, -0.05) is 11.6 Å². The molecule has 1 atom stereocenters. The smallest absolute Gasteiger partial charge is 0.268 e. The summed E-state index contributed by atoms with van der Waals surface area (Å²) < 4.78 is 13.2. The Morgan fingerprint density at radius 1 is 1.41 bits per heavy atom. The zero-order chi connectivity index (χ0) is 15.7. The first kappa shape index (κ1) is 14.6. The molecule has 22 heavy (non-hydrogen) atoms. The van der Waals surface area contributed by atoms with Crippen LogP contribution in [0.25, 0.3) is 0 Å². The predicted octanol–water partition coefficient (Wildman–Crippen LogP) is 2.34. The zero-order valence-corrected chi connectivity index (χ0v) is 12.2. The van der Waals surface area contributed by atoms with Gasteiger partial charge in [0.2, 0.25) is 5.91 Å². The number of amides is 2. The molecule has 0 unspecified atom stereocenters. The summed E-state index contributed by atoms with van der Waals surface area (Å²) in [6.45, 7) is 0.441. The summed E-state index contributed by atoms with van der Waals surface area (Å²) in [6.07, 6.45) is 2.12. The van der Waals surface area contributed by atoms with E-state index in [1.807, 2.05) is 0 Å². The van der Waals surface area contributed by atoms with Crippen LogP contribution in [0.5, 0.6) is 0 Å². The fourth-order valence-corrected chi connectivity index (χ4v) is 2.61. The van der Waals surface area contributed by atoms with Gasteiger partial charge in [-0.15, -0.1) is 0 Å². The number of benzene rings is 1. The minimum absolute atomic E-state index is 0.0378. The fourth-order valence-electron chi connectivity index (χ4n) is 2.43. The van der Waals surface area contributed by atoms with E-state index in [-0.39, 0.29) is 16.8 Å². The van der Waals surface area contributed by atoms with Crippen molar-refractivity contribution in [2.45, 2.75) is 12.5 Å². The highest BCUT2D eigenvalue weighted by Crippen LogP contribution is 2.26. The van der Waals surface area contributed by atoms with E-state index in [0.29, 0.717) is 24.3 Å². The number of nitrogens with zero attached hydrogens (tertiary/aromatic N) is 1. The second-order valence-corrected chi connectivity index (χ2v) is 5.39. The van der Waals surface area contributed by atoms with Gasteiger partial charge >= 0.3 is 0 Å². The molecule has 0 saturated carbocycles. The number of carbonyl (C=O) groups is 2. The van der Waals surface area contributed by atoms with Gasteiger partial charge < -0.3 is 15.2 Å². The third kappa shape index (κ3) is 2.69. The van der Waals surface area contributed by atoms with E-state index in [9.17, 15) is 14.0 Å². The van der Waals surface area contributed by atoms with Gasteiger partial charge in [0.15, 0.2) is 0 Å². The molecule has 1 saturated heterocycles. The molecule has 0 spiro atoms. The minimum atomic E-state index is -0.598. The van der Waals surface area contributed by atoms with Crippen molar-refractivity contribution in [3.8, 4) is 0 Å². The maximum absolute atomic E-state index is 13.2. The van der Waals surface area contributed by atoms with Gasteiger partial charge in [-0.2, -0.15) is 0 Å². The standard InChI is InChI=1S/C15H13ClFN3O2/c16-10-8-9(3-4-11(10)17)20-7-5-13(15(20)22)19-14(21)12-2-1-6-18-12/h1-4,6,8,13,18H,5,7H2,(H,19,21)/t13-/m1/s1. The molecule has 1 fully saturated rings. The van der Waals surface area contributed by atoms with Crippen molar-refractivity contribution in [2.24, 2.45) is 0 Å². The van der Waals surface area contributed by atoms with Gasteiger partial charge in [-0.25, -0.2) is 4.39 Å². The normalized spacial score (nSPS) is 17.8. The molecule has 2 heterocycles. The van der Waals surface area contributed by atoms with Crippen LogP contribution in [-0.4, -0.2) is 29.4 Å². The maximum atomic E-state index is 13.2. The van der Waals surface area contributed by atoms with Gasteiger partial charge in [0.1, 0.15) is 17.6 Å². The lowest BCUT2D eigenvalue weighted by Crippen LogP contribution is -2.41. The van der Waals surface area contributed by atoms with Crippen molar-refractivity contribution in [1.82, 2.24) is 10.3 Å². The summed E-state index contributed by atoms with van der Waals surface area (Å²) >= 11 is 5.74. The molecule has 0 bridgehead atoms. The van der Waals surface area contributed by atoms with Crippen LogP contribution in [0.2, 0.25) is 5.02 Å². The number of nitrogens with one attached hydrogen (secondary N) is 2. The summed E-state index contributed by atoms with van der Waals surface area (Å²) in [5.74, 6) is -1.10. The highest BCUT2D eigenvalue weighted by Gasteiger charge is 2.34. The molecule has 7 heteroatoms. The Morgan fingerprint density at radius 3 is 2.91 bits per heavy atom. The highest BCUT2D eigenvalue weighted by atomic mass is 35.5. The van der Waals surface area contributed by atoms with Crippen LogP contribution in [0.1, 0.15) is 16.9 Å². The number of H-pyrrole nitrogens is 1. The Bertz CT molecular complexity index is 718. The minimum Gasteiger partial charge on any atom is -0.357 e. The Balaban J connectivity index is 1.72. The van der Waals surface area contributed by atoms with E-state index in [2.05, 4.69) is 10.3 Å². The molecule has 2 N–H and O–H groups in total. The van der Waals surface area contributed by atoms with Gasteiger partial charge in [-0.05, 0) is 36.8 Å². The van der Waals surface area contributed by atoms with Crippen LogP contribution in [0.15, 0.2) is 36.5 Å². The molecule has 1 aliphatic heterocycles. The van der Waals surface area contributed by atoms with Crippen LogP contribution >= 0.6 is 11.6 Å². The first-order valence-corrected chi connectivity index (χ1v) is 7.15. The summed E-state index contributed by atoms with van der Waals surface area (Å²) in [5, 5.41) is 2.65. The van der Waals surface area contributed by atoms with Crippen LogP contribution < -0.4 is 10.2 Å². The lowest BCUT2D eigenvalue weighted by molar-refractivity contribution is -0.118. The second kappa shape index (κ2) is 5.81. The highest BCUT2D eigenvalue weighted by molar-refractivity contribution is 6.31. The summed E-state index contributed by atoms with van der Waals surface area (Å²) in [7, 11) is 0. The quantitative estimate of drug-likeness (QED) is 0.911. The Morgan fingerprint density at radius 2 is 2.23 bits per heavy atom. The van der Waals surface area contributed by atoms with Crippen molar-refractivity contribution >= 4 is 29.1 Å². The van der Waals surface area contributed by atoms with E-state index in [1.165, 1.54) is 23.1 Å². The van der Waals surface area contributed by atoms with Crippen molar-refractivity contribution in [2.75, 3.05) is 11.4 Å². The number of hydrogen-bond donors (Lipinski definition) is 2. The van der Waals surface area contributed by atoms with E-state index < -0.39 is 11.9 Å². The molecule has 114 valence electrons. The molecule has 1 aromatic carbocycles. The van der Waals surface area contributed by atoms with Crippen molar-refractivity contribution in [1.29, 1.82) is 0 Å². The lowest BCUT2D eigenvalue weighted by Gasteiger charge is -2.17. The molecular weight excluding hydrogens is 309 g/mol. The average Bonchev–Trinajstić information content (AvgIpc) is 3.13. The van der Waals surface area contributed by atoms with E-state index in [4.69, 9.17) is 11.6 Å². The van der Waals surface area contributed by atoms with Crippen LogP contribution in [-0.2, 0) is 4.79 Å². The summed E-state index contributed by atoms with van der Waals surface area (Å²) in [6, 6.07) is 6.86. The Labute approximate surface area is 131 Å². The molecular formula is C15H13ClFN3O2. The topological polar surface area (TPSA) is 65.2 Å². The third-order valence-electron chi connectivity index (χ3n) is 3.57. The first-order valence-electron chi connectivity index (χ1n) is 6.77. The van der Waals surface area contributed by atoms with Gasteiger partial charge in [-0.3, -0.25) is 9.59 Å². The molecule has 2 aromatic rings. The van der Waals surface area contributed by atoms with E-state index >= 15 is 0 Å². The molecule has 1 aliphatic rings. The first-order chi connectivity index (χ1) is 10.6. The molecule has 5 nitrogen and oxygen atoms in total. The number of carbonyl (C=O) groups excluding carboxylic acids is 2. The predicted molar refractivity (Wildman–Crippen MR) is 80.4 cm³/mol. The molecule has 0 aliphatic carbocycles. The number of aromatic amines is 1. The number of hydrogen-bond acceptors (Lipinski definition) is 2. The zero-order valence-electron chi connectivity index (χ0n) is 11.5. The van der Waals surface area contributed by atoms with Crippen LogP contribution in [0, 0.1) is 5.82 Å². The molecule has 0 radical (unpaired) electrons. The van der Waals surface area contributed by atoms with Crippen LogP contribution in [0.3, 0.4) is 0 Å². The fraction of sp³-hybridized carbons (Fsp3) is 0.200. The Kier molecular flexibility index (Phi) is 3.85. The number of halogens is 2. The Hall–Kier alpha value is -2.34. The van der Waals surface area contributed by atoms with Crippen molar-refractivity contribution in [3.05, 3.63) is 53.1 Å². The van der Waals surface area contributed by atoms with Crippen molar-refractivity contribution < 1.29 is 14.0 Å². The summed E-state index contributed by atoms with van der Waals surface area (Å²) in [4.78, 5) is 28.6. The largest absolute Gasteiger partial charge is 0.357 e.